The van der Waals surface area contributed by atoms with Crippen molar-refractivity contribution in [1.29, 1.82) is 0 Å². The normalized spacial score (nSPS) is 10.2. The van der Waals surface area contributed by atoms with Gasteiger partial charge in [-0.1, -0.05) is 22.0 Å². The Morgan fingerprint density at radius 1 is 1.29 bits per heavy atom. The van der Waals surface area contributed by atoms with Crippen molar-refractivity contribution in [3.05, 3.63) is 62.1 Å². The van der Waals surface area contributed by atoms with Crippen LogP contribution in [0.2, 0.25) is 0 Å². The van der Waals surface area contributed by atoms with Gasteiger partial charge in [0.05, 0.1) is 12.0 Å². The van der Waals surface area contributed by atoms with Gasteiger partial charge in [0.15, 0.2) is 0 Å². The molecule has 0 bridgehead atoms. The first kappa shape index (κ1) is 15.3. The predicted octanol–water partition coefficient (Wildman–Crippen LogP) is 4.29. The minimum absolute atomic E-state index is 0.0731. The third-order valence-corrected chi connectivity index (χ3v) is 3.55. The van der Waals surface area contributed by atoms with Gasteiger partial charge in [-0.15, -0.1) is 0 Å². The number of nitrogens with zero attached hydrogens (tertiary/aromatic N) is 1. The number of aryl methyl sites for hydroxylation is 1. The number of rotatable bonds is 5. The molecule has 0 aromatic heterocycles. The van der Waals surface area contributed by atoms with Gasteiger partial charge in [-0.25, -0.2) is 0 Å². The van der Waals surface area contributed by atoms with Crippen molar-refractivity contribution in [2.75, 3.05) is 12.4 Å². The molecule has 5 nitrogen and oxygen atoms in total. The lowest BCUT2D eigenvalue weighted by Gasteiger charge is -2.11. The zero-order chi connectivity index (χ0) is 15.4. The smallest absolute Gasteiger partial charge is 0.292 e. The summed E-state index contributed by atoms with van der Waals surface area (Å²) in [6, 6.07) is 10.8. The number of hydrogen-bond acceptors (Lipinski definition) is 4. The van der Waals surface area contributed by atoms with Crippen LogP contribution in [-0.2, 0) is 6.54 Å². The zero-order valence-corrected chi connectivity index (χ0v) is 13.3. The van der Waals surface area contributed by atoms with Gasteiger partial charge >= 0.3 is 0 Å². The SMILES string of the molecule is COc1ccc(Br)cc1CNc1ccc(C)cc1[N+](=O)[O-]. The Morgan fingerprint density at radius 3 is 2.71 bits per heavy atom. The predicted molar refractivity (Wildman–Crippen MR) is 85.9 cm³/mol. The lowest BCUT2D eigenvalue weighted by atomic mass is 10.1. The first-order chi connectivity index (χ1) is 10.0. The molecular weight excluding hydrogens is 336 g/mol. The van der Waals surface area contributed by atoms with Gasteiger partial charge in [0.2, 0.25) is 0 Å². The molecule has 0 amide bonds. The summed E-state index contributed by atoms with van der Waals surface area (Å²) >= 11 is 3.41. The van der Waals surface area contributed by atoms with Gasteiger partial charge in [0.1, 0.15) is 11.4 Å². The Morgan fingerprint density at radius 2 is 2.05 bits per heavy atom. The number of nitro groups is 1. The van der Waals surface area contributed by atoms with Crippen molar-refractivity contribution in [3.8, 4) is 5.75 Å². The summed E-state index contributed by atoms with van der Waals surface area (Å²) in [5, 5.41) is 14.2. The van der Waals surface area contributed by atoms with Crippen LogP contribution in [0.3, 0.4) is 0 Å². The topological polar surface area (TPSA) is 64.4 Å². The van der Waals surface area contributed by atoms with Crippen molar-refractivity contribution < 1.29 is 9.66 Å². The van der Waals surface area contributed by atoms with Crippen LogP contribution in [0.5, 0.6) is 5.75 Å². The number of nitrogens with one attached hydrogen (secondary N) is 1. The molecule has 6 heteroatoms. The molecule has 0 saturated carbocycles. The second-order valence-corrected chi connectivity index (χ2v) is 5.50. The van der Waals surface area contributed by atoms with Crippen LogP contribution < -0.4 is 10.1 Å². The molecule has 0 radical (unpaired) electrons. The Hall–Kier alpha value is -2.08. The molecular formula is C15H15BrN2O3. The molecule has 0 atom stereocenters. The highest BCUT2D eigenvalue weighted by Gasteiger charge is 2.14. The van der Waals surface area contributed by atoms with E-state index in [4.69, 9.17) is 4.74 Å². The molecule has 0 saturated heterocycles. The molecule has 21 heavy (non-hydrogen) atoms. The van der Waals surface area contributed by atoms with E-state index in [1.165, 1.54) is 0 Å². The van der Waals surface area contributed by atoms with E-state index in [1.807, 2.05) is 31.2 Å². The van der Waals surface area contributed by atoms with Gasteiger partial charge in [0, 0.05) is 22.6 Å². The highest BCUT2D eigenvalue weighted by Crippen LogP contribution is 2.28. The molecule has 0 heterocycles. The number of methoxy groups -OCH3 is 1. The number of benzene rings is 2. The number of ether oxygens (including phenoxy) is 1. The molecule has 0 fully saturated rings. The van der Waals surface area contributed by atoms with Crippen LogP contribution in [-0.4, -0.2) is 12.0 Å². The maximum absolute atomic E-state index is 11.1. The maximum atomic E-state index is 11.1. The van der Waals surface area contributed by atoms with Crippen molar-refractivity contribution in [3.63, 3.8) is 0 Å². The van der Waals surface area contributed by atoms with E-state index in [2.05, 4.69) is 21.2 Å². The number of anilines is 1. The molecule has 0 aliphatic heterocycles. The number of halogens is 1. The molecule has 2 aromatic carbocycles. The van der Waals surface area contributed by atoms with E-state index < -0.39 is 0 Å². The summed E-state index contributed by atoms with van der Waals surface area (Å²) in [7, 11) is 1.60. The van der Waals surface area contributed by atoms with Crippen LogP contribution >= 0.6 is 15.9 Å². The molecule has 2 aromatic rings. The monoisotopic (exact) mass is 350 g/mol. The molecule has 2 rings (SSSR count). The molecule has 0 unspecified atom stereocenters. The van der Waals surface area contributed by atoms with Gasteiger partial charge in [-0.05, 0) is 36.8 Å². The Labute approximate surface area is 131 Å². The second-order valence-electron chi connectivity index (χ2n) is 4.59. The summed E-state index contributed by atoms with van der Waals surface area (Å²) in [5.41, 5.74) is 2.34. The average molecular weight is 351 g/mol. The Balaban J connectivity index is 2.24. The summed E-state index contributed by atoms with van der Waals surface area (Å²) < 4.78 is 6.22. The molecule has 110 valence electrons. The summed E-state index contributed by atoms with van der Waals surface area (Å²) in [6.45, 7) is 2.26. The van der Waals surface area contributed by atoms with Crippen molar-refractivity contribution >= 4 is 27.3 Å². The van der Waals surface area contributed by atoms with Crippen molar-refractivity contribution in [2.24, 2.45) is 0 Å². The fraction of sp³-hybridized carbons (Fsp3) is 0.200. The van der Waals surface area contributed by atoms with E-state index in [1.54, 1.807) is 19.2 Å². The Bertz CT molecular complexity index is 674. The summed E-state index contributed by atoms with van der Waals surface area (Å²) in [4.78, 5) is 10.7. The van der Waals surface area contributed by atoms with Crippen molar-refractivity contribution in [1.82, 2.24) is 0 Å². The largest absolute Gasteiger partial charge is 0.496 e. The van der Waals surface area contributed by atoms with Gasteiger partial charge in [0.25, 0.3) is 5.69 Å². The van der Waals surface area contributed by atoms with E-state index >= 15 is 0 Å². The fourth-order valence-electron chi connectivity index (χ4n) is 2.02. The first-order valence-corrected chi connectivity index (χ1v) is 7.12. The Kier molecular flexibility index (Phi) is 4.80. The van der Waals surface area contributed by atoms with Crippen LogP contribution in [0, 0.1) is 17.0 Å². The molecule has 1 N–H and O–H groups in total. The minimum Gasteiger partial charge on any atom is -0.496 e. The van der Waals surface area contributed by atoms with Crippen LogP contribution in [0.1, 0.15) is 11.1 Å². The van der Waals surface area contributed by atoms with E-state index in [-0.39, 0.29) is 10.6 Å². The standard InChI is InChI=1S/C15H15BrN2O3/c1-10-3-5-13(14(7-10)18(19)20)17-9-11-8-12(16)4-6-15(11)21-2/h3-8,17H,9H2,1-2H3. The van der Waals surface area contributed by atoms with E-state index in [0.717, 1.165) is 21.3 Å². The van der Waals surface area contributed by atoms with E-state index in [0.29, 0.717) is 12.2 Å². The highest BCUT2D eigenvalue weighted by atomic mass is 79.9. The summed E-state index contributed by atoms with van der Waals surface area (Å²) in [6.07, 6.45) is 0. The van der Waals surface area contributed by atoms with Crippen LogP contribution in [0.25, 0.3) is 0 Å². The number of hydrogen-bond donors (Lipinski definition) is 1. The quantitative estimate of drug-likeness (QED) is 0.645. The molecule has 0 aliphatic carbocycles. The highest BCUT2D eigenvalue weighted by molar-refractivity contribution is 9.10. The minimum atomic E-state index is -0.381. The maximum Gasteiger partial charge on any atom is 0.292 e. The lowest BCUT2D eigenvalue weighted by molar-refractivity contribution is -0.384. The summed E-state index contributed by atoms with van der Waals surface area (Å²) in [5.74, 6) is 0.737. The lowest BCUT2D eigenvalue weighted by Crippen LogP contribution is -2.04. The fourth-order valence-corrected chi connectivity index (χ4v) is 2.43. The van der Waals surface area contributed by atoms with E-state index in [9.17, 15) is 10.1 Å². The van der Waals surface area contributed by atoms with Crippen molar-refractivity contribution in [2.45, 2.75) is 13.5 Å². The van der Waals surface area contributed by atoms with Gasteiger partial charge in [-0.2, -0.15) is 0 Å². The zero-order valence-electron chi connectivity index (χ0n) is 11.7. The van der Waals surface area contributed by atoms with Crippen LogP contribution in [0.15, 0.2) is 40.9 Å². The molecule has 0 spiro atoms. The third-order valence-electron chi connectivity index (χ3n) is 3.06. The molecule has 0 aliphatic rings. The van der Waals surface area contributed by atoms with Crippen LogP contribution in [0.4, 0.5) is 11.4 Å². The van der Waals surface area contributed by atoms with Gasteiger partial charge < -0.3 is 10.1 Å². The number of nitro benzene ring substituents is 1. The second kappa shape index (κ2) is 6.58. The third kappa shape index (κ3) is 3.72. The first-order valence-electron chi connectivity index (χ1n) is 6.32. The average Bonchev–Trinajstić information content (AvgIpc) is 2.46. The van der Waals surface area contributed by atoms with Gasteiger partial charge in [-0.3, -0.25) is 10.1 Å².